The third-order valence-corrected chi connectivity index (χ3v) is 5.95. The summed E-state index contributed by atoms with van der Waals surface area (Å²) in [7, 11) is 0. The summed E-state index contributed by atoms with van der Waals surface area (Å²) in [6.45, 7) is 2.57. The first kappa shape index (κ1) is 20.1. The van der Waals surface area contributed by atoms with Crippen molar-refractivity contribution in [3.63, 3.8) is 0 Å². The number of carbonyl (C=O) groups excluding carboxylic acids is 1. The van der Waals surface area contributed by atoms with Crippen LogP contribution < -0.4 is 9.47 Å². The van der Waals surface area contributed by atoms with Crippen molar-refractivity contribution in [3.8, 4) is 11.5 Å². The molecule has 1 heterocycles. The van der Waals surface area contributed by atoms with Crippen LogP contribution in [0.15, 0.2) is 77.8 Å². The zero-order chi connectivity index (χ0) is 20.9. The van der Waals surface area contributed by atoms with Gasteiger partial charge in [0.05, 0.1) is 17.3 Å². The van der Waals surface area contributed by atoms with Gasteiger partial charge in [-0.25, -0.2) is 4.79 Å². The van der Waals surface area contributed by atoms with Crippen molar-refractivity contribution in [1.82, 2.24) is 0 Å². The van der Waals surface area contributed by atoms with Crippen LogP contribution in [0.1, 0.15) is 22.2 Å². The highest BCUT2D eigenvalue weighted by Gasteiger charge is 2.18. The number of ether oxygens (including phenoxy) is 2. The van der Waals surface area contributed by atoms with E-state index in [1.54, 1.807) is 18.3 Å². The van der Waals surface area contributed by atoms with Gasteiger partial charge in [0.2, 0.25) is 0 Å². The smallest absolute Gasteiger partial charge is 0.355 e. The van der Waals surface area contributed by atoms with Crippen LogP contribution in [-0.4, -0.2) is 18.8 Å². The van der Waals surface area contributed by atoms with E-state index in [1.807, 2.05) is 67.6 Å². The molecule has 0 saturated carbocycles. The maximum atomic E-state index is 12.6. The summed E-state index contributed by atoms with van der Waals surface area (Å²) in [4.78, 5) is 17.5. The molecule has 0 fully saturated rings. The lowest BCUT2D eigenvalue weighted by Gasteiger charge is -2.04. The largest absolute Gasteiger partial charge is 0.494 e. The third-order valence-electron chi connectivity index (χ3n) is 4.30. The maximum Gasteiger partial charge on any atom is 0.355 e. The lowest BCUT2D eigenvalue weighted by Crippen LogP contribution is -2.07. The van der Waals surface area contributed by atoms with Gasteiger partial charge in [-0.2, -0.15) is 0 Å². The van der Waals surface area contributed by atoms with Crippen molar-refractivity contribution in [2.24, 2.45) is 4.99 Å². The molecule has 6 heteroatoms. The first-order chi connectivity index (χ1) is 14.6. The third kappa shape index (κ3) is 4.53. The molecule has 0 spiro atoms. The van der Waals surface area contributed by atoms with Crippen LogP contribution in [0, 0.1) is 0 Å². The predicted molar refractivity (Wildman–Crippen MR) is 123 cm³/mol. The average molecular weight is 436 g/mol. The number of carbonyl (C=O) groups is 1. The van der Waals surface area contributed by atoms with Gasteiger partial charge >= 0.3 is 5.97 Å². The van der Waals surface area contributed by atoms with E-state index in [1.165, 1.54) is 11.3 Å². The summed E-state index contributed by atoms with van der Waals surface area (Å²) < 4.78 is 11.9. The second-order valence-electron chi connectivity index (χ2n) is 6.39. The quantitative estimate of drug-likeness (QED) is 0.187. The van der Waals surface area contributed by atoms with Crippen LogP contribution in [0.2, 0.25) is 5.02 Å². The number of benzene rings is 3. The van der Waals surface area contributed by atoms with Gasteiger partial charge in [-0.05, 0) is 55.0 Å². The van der Waals surface area contributed by atoms with Crippen LogP contribution in [-0.2, 0) is 0 Å². The van der Waals surface area contributed by atoms with Crippen LogP contribution in [0.25, 0.3) is 10.1 Å². The van der Waals surface area contributed by atoms with Gasteiger partial charge in [-0.1, -0.05) is 41.9 Å². The van der Waals surface area contributed by atoms with E-state index in [0.29, 0.717) is 22.3 Å². The number of halogens is 1. The van der Waals surface area contributed by atoms with E-state index in [4.69, 9.17) is 21.1 Å². The molecule has 4 aromatic rings. The van der Waals surface area contributed by atoms with E-state index in [0.717, 1.165) is 27.1 Å². The summed E-state index contributed by atoms with van der Waals surface area (Å²) in [5, 5.41) is 1.28. The second kappa shape index (κ2) is 9.11. The molecule has 0 N–H and O–H groups in total. The molecule has 1 aromatic heterocycles. The lowest BCUT2D eigenvalue weighted by molar-refractivity contribution is 0.0740. The van der Waals surface area contributed by atoms with Gasteiger partial charge in [0.15, 0.2) is 0 Å². The molecule has 4 rings (SSSR count). The Labute approximate surface area is 183 Å². The fourth-order valence-electron chi connectivity index (χ4n) is 2.90. The van der Waals surface area contributed by atoms with Gasteiger partial charge in [0.1, 0.15) is 16.4 Å². The first-order valence-corrected chi connectivity index (χ1v) is 10.6. The summed E-state index contributed by atoms with van der Waals surface area (Å²) in [6.07, 6.45) is 1.72. The molecule has 0 bridgehead atoms. The van der Waals surface area contributed by atoms with E-state index in [2.05, 4.69) is 4.99 Å². The number of rotatable bonds is 6. The highest BCUT2D eigenvalue weighted by Crippen LogP contribution is 2.35. The predicted octanol–water partition coefficient (Wildman–Crippen LogP) is 6.92. The number of fused-ring (bicyclic) bond motifs is 1. The zero-order valence-corrected chi connectivity index (χ0v) is 17.7. The van der Waals surface area contributed by atoms with E-state index < -0.39 is 5.97 Å². The van der Waals surface area contributed by atoms with E-state index in [9.17, 15) is 4.79 Å². The maximum absolute atomic E-state index is 12.6. The Morgan fingerprint density at radius 1 is 1.03 bits per heavy atom. The highest BCUT2D eigenvalue weighted by atomic mass is 35.5. The van der Waals surface area contributed by atoms with Crippen LogP contribution >= 0.6 is 22.9 Å². The molecule has 0 radical (unpaired) electrons. The second-order valence-corrected chi connectivity index (χ2v) is 7.82. The molecule has 0 amide bonds. The minimum absolute atomic E-state index is 0.395. The fraction of sp³-hybridized carbons (Fsp3) is 0.0833. The Kier molecular flexibility index (Phi) is 6.12. The van der Waals surface area contributed by atoms with Crippen molar-refractivity contribution in [1.29, 1.82) is 0 Å². The molecule has 0 saturated heterocycles. The monoisotopic (exact) mass is 435 g/mol. The van der Waals surface area contributed by atoms with Gasteiger partial charge in [0.25, 0.3) is 0 Å². The van der Waals surface area contributed by atoms with E-state index in [-0.39, 0.29) is 0 Å². The number of esters is 1. The molecular formula is C24H18ClNO3S. The van der Waals surface area contributed by atoms with E-state index >= 15 is 0 Å². The SMILES string of the molecule is CCOc1ccc(N=Cc2cccc(OC(=O)c3sc4ccccc4c3Cl)c2)cc1. The number of nitrogens with zero attached hydrogens (tertiary/aromatic N) is 1. The Hall–Kier alpha value is -3.15. The summed E-state index contributed by atoms with van der Waals surface area (Å²) >= 11 is 7.70. The average Bonchev–Trinajstić information content (AvgIpc) is 3.11. The zero-order valence-electron chi connectivity index (χ0n) is 16.2. The normalized spacial score (nSPS) is 11.1. The van der Waals surface area contributed by atoms with Crippen molar-refractivity contribution < 1.29 is 14.3 Å². The molecule has 0 unspecified atom stereocenters. The van der Waals surface area contributed by atoms with Crippen molar-refractivity contribution in [2.75, 3.05) is 6.61 Å². The van der Waals surface area contributed by atoms with Crippen LogP contribution in [0.3, 0.4) is 0 Å². The summed E-state index contributed by atoms with van der Waals surface area (Å²) in [5.41, 5.74) is 1.62. The molecule has 0 aliphatic heterocycles. The Balaban J connectivity index is 1.48. The number of hydrogen-bond donors (Lipinski definition) is 0. The lowest BCUT2D eigenvalue weighted by atomic mass is 10.2. The Morgan fingerprint density at radius 3 is 2.60 bits per heavy atom. The molecule has 0 aliphatic rings. The van der Waals surface area contributed by atoms with Crippen molar-refractivity contribution in [3.05, 3.63) is 88.3 Å². The van der Waals surface area contributed by atoms with Crippen molar-refractivity contribution >= 4 is 50.9 Å². The van der Waals surface area contributed by atoms with Crippen LogP contribution in [0.4, 0.5) is 5.69 Å². The minimum Gasteiger partial charge on any atom is -0.494 e. The highest BCUT2D eigenvalue weighted by molar-refractivity contribution is 7.21. The van der Waals surface area contributed by atoms with Gasteiger partial charge in [-0.15, -0.1) is 11.3 Å². The summed E-state index contributed by atoms with van der Waals surface area (Å²) in [5.74, 6) is 0.774. The van der Waals surface area contributed by atoms with Crippen molar-refractivity contribution in [2.45, 2.75) is 6.92 Å². The molecule has 0 atom stereocenters. The Bertz CT molecular complexity index is 1210. The standard InChI is InChI=1S/C24H18ClNO3S/c1-2-28-18-12-10-17(11-13-18)26-15-16-6-5-7-19(14-16)29-24(27)23-22(25)20-8-3-4-9-21(20)30-23/h3-15H,2H2,1H3. The number of hydrogen-bond acceptors (Lipinski definition) is 5. The minimum atomic E-state index is -0.471. The molecule has 4 nitrogen and oxygen atoms in total. The Morgan fingerprint density at radius 2 is 1.83 bits per heavy atom. The fourth-order valence-corrected chi connectivity index (χ4v) is 4.29. The molecule has 150 valence electrons. The molecular weight excluding hydrogens is 418 g/mol. The molecule has 30 heavy (non-hydrogen) atoms. The van der Waals surface area contributed by atoms with Gasteiger partial charge in [0, 0.05) is 16.3 Å². The summed E-state index contributed by atoms with van der Waals surface area (Å²) in [6, 6.07) is 22.3. The number of aliphatic imine (C=N–C) groups is 1. The first-order valence-electron chi connectivity index (χ1n) is 9.40. The molecule has 3 aromatic carbocycles. The molecule has 0 aliphatic carbocycles. The topological polar surface area (TPSA) is 47.9 Å². The number of thiophene rings is 1. The van der Waals surface area contributed by atoms with Gasteiger partial charge < -0.3 is 9.47 Å². The van der Waals surface area contributed by atoms with Crippen LogP contribution in [0.5, 0.6) is 11.5 Å². The van der Waals surface area contributed by atoms with Gasteiger partial charge in [-0.3, -0.25) is 4.99 Å².